The molecule has 6 heteroatoms. The van der Waals surface area contributed by atoms with Gasteiger partial charge in [-0.1, -0.05) is 25.7 Å². The number of rotatable bonds is 9. The first-order valence-corrected chi connectivity index (χ1v) is 7.89. The van der Waals surface area contributed by atoms with Crippen molar-refractivity contribution in [1.29, 1.82) is 0 Å². The molecule has 0 bridgehead atoms. The van der Waals surface area contributed by atoms with Crippen LogP contribution in [0.2, 0.25) is 0 Å². The van der Waals surface area contributed by atoms with Gasteiger partial charge in [0.25, 0.3) is 0 Å². The van der Waals surface area contributed by atoms with Gasteiger partial charge in [-0.2, -0.15) is 0 Å². The predicted octanol–water partition coefficient (Wildman–Crippen LogP) is 3.05. The van der Waals surface area contributed by atoms with Crippen LogP contribution in [0.5, 0.6) is 0 Å². The van der Waals surface area contributed by atoms with Crippen molar-refractivity contribution in [3.05, 3.63) is 0 Å². The molecule has 0 spiro atoms. The molecule has 0 heterocycles. The Morgan fingerprint density at radius 1 is 0.636 bits per heavy atom. The molecule has 0 fully saturated rings. The number of hydrogen-bond acceptors (Lipinski definition) is 4. The minimum absolute atomic E-state index is 0.167. The van der Waals surface area contributed by atoms with Crippen molar-refractivity contribution in [2.75, 3.05) is 0 Å². The second-order valence-electron chi connectivity index (χ2n) is 5.60. The maximum Gasteiger partial charge on any atom is 0.303 e. The summed E-state index contributed by atoms with van der Waals surface area (Å²) in [5.74, 6) is -1.48. The fourth-order valence-corrected chi connectivity index (χ4v) is 1.26. The Bertz CT molecular complexity index is 220. The summed E-state index contributed by atoms with van der Waals surface area (Å²) >= 11 is 0. The molecule has 134 valence electrons. The maximum atomic E-state index is 10.1. The summed E-state index contributed by atoms with van der Waals surface area (Å²) in [5.41, 5.74) is 0. The zero-order valence-electron chi connectivity index (χ0n) is 14.4. The van der Waals surface area contributed by atoms with Gasteiger partial charge in [-0.15, -0.1) is 0 Å². The highest BCUT2D eigenvalue weighted by Crippen LogP contribution is 2.08. The van der Waals surface area contributed by atoms with Crippen LogP contribution in [-0.4, -0.2) is 44.6 Å². The normalized spacial score (nSPS) is 9.64. The predicted molar refractivity (Wildman–Crippen MR) is 86.9 cm³/mol. The summed E-state index contributed by atoms with van der Waals surface area (Å²) in [5, 5.41) is 32.8. The number of aliphatic hydroxyl groups is 2. The summed E-state index contributed by atoms with van der Waals surface area (Å²) in [6.07, 6.45) is 5.49. The van der Waals surface area contributed by atoms with Crippen LogP contribution in [0.1, 0.15) is 79.1 Å². The van der Waals surface area contributed by atoms with E-state index in [2.05, 4.69) is 0 Å². The van der Waals surface area contributed by atoms with Gasteiger partial charge in [0.1, 0.15) is 0 Å². The lowest BCUT2D eigenvalue weighted by Crippen LogP contribution is -1.94. The Kier molecular flexibility index (Phi) is 23.3. The van der Waals surface area contributed by atoms with Gasteiger partial charge >= 0.3 is 11.9 Å². The van der Waals surface area contributed by atoms with E-state index in [1.54, 1.807) is 27.7 Å². The molecule has 0 amide bonds. The molecule has 4 N–H and O–H groups in total. The van der Waals surface area contributed by atoms with Crippen LogP contribution in [0, 0.1) is 0 Å². The summed E-state index contributed by atoms with van der Waals surface area (Å²) < 4.78 is 0. The molecule has 0 aliphatic carbocycles. The molecular formula is C16H34O6. The van der Waals surface area contributed by atoms with E-state index in [1.807, 2.05) is 0 Å². The molecule has 0 rings (SSSR count). The number of unbranched alkanes of at least 4 members (excludes halogenated alkanes) is 5. The molecule has 0 aromatic heterocycles. The smallest absolute Gasteiger partial charge is 0.303 e. The zero-order chi connectivity index (χ0) is 18.0. The highest BCUT2D eigenvalue weighted by atomic mass is 16.4. The Balaban J connectivity index is -0.000000372. The number of carboxylic acids is 2. The van der Waals surface area contributed by atoms with E-state index >= 15 is 0 Å². The minimum Gasteiger partial charge on any atom is -0.481 e. The molecule has 0 aromatic carbocycles. The number of aliphatic hydroxyl groups excluding tert-OH is 2. The van der Waals surface area contributed by atoms with Crippen LogP contribution in [-0.2, 0) is 9.59 Å². The van der Waals surface area contributed by atoms with Crippen molar-refractivity contribution in [2.24, 2.45) is 0 Å². The van der Waals surface area contributed by atoms with Crippen LogP contribution in [0.4, 0.5) is 0 Å². The third-order valence-electron chi connectivity index (χ3n) is 2.03. The van der Waals surface area contributed by atoms with Crippen molar-refractivity contribution < 1.29 is 30.0 Å². The molecule has 0 aliphatic heterocycles. The fraction of sp³-hybridized carbons (Fsp3) is 0.875. The Morgan fingerprint density at radius 2 is 0.818 bits per heavy atom. The van der Waals surface area contributed by atoms with Crippen molar-refractivity contribution in [3.63, 3.8) is 0 Å². The summed E-state index contributed by atoms with van der Waals surface area (Å²) in [6, 6.07) is 0. The van der Waals surface area contributed by atoms with Gasteiger partial charge < -0.3 is 20.4 Å². The SMILES string of the molecule is CC(C)O.CC(C)O.O=C(O)CCCCCCCCC(=O)O. The van der Waals surface area contributed by atoms with Crippen molar-refractivity contribution >= 4 is 11.9 Å². The van der Waals surface area contributed by atoms with E-state index in [0.29, 0.717) is 0 Å². The average molecular weight is 322 g/mol. The van der Waals surface area contributed by atoms with Crippen molar-refractivity contribution in [2.45, 2.75) is 91.3 Å². The number of carboxylic acid groups (broad SMARTS) is 2. The molecule has 0 aromatic rings. The Hall–Kier alpha value is -1.14. The third kappa shape index (κ3) is 61.9. The lowest BCUT2D eigenvalue weighted by Gasteiger charge is -1.98. The van der Waals surface area contributed by atoms with Crippen LogP contribution >= 0.6 is 0 Å². The van der Waals surface area contributed by atoms with E-state index in [0.717, 1.165) is 38.5 Å². The van der Waals surface area contributed by atoms with Crippen molar-refractivity contribution in [1.82, 2.24) is 0 Å². The van der Waals surface area contributed by atoms with E-state index in [4.69, 9.17) is 20.4 Å². The molecule has 0 aliphatic rings. The van der Waals surface area contributed by atoms with E-state index in [1.165, 1.54) is 0 Å². The second kappa shape index (κ2) is 19.9. The highest BCUT2D eigenvalue weighted by Gasteiger charge is 1.98. The van der Waals surface area contributed by atoms with Gasteiger partial charge in [0.05, 0.1) is 0 Å². The molecule has 0 saturated carbocycles. The first-order chi connectivity index (χ1) is 10.1. The zero-order valence-corrected chi connectivity index (χ0v) is 14.4. The van der Waals surface area contributed by atoms with E-state index < -0.39 is 11.9 Å². The van der Waals surface area contributed by atoms with Crippen LogP contribution < -0.4 is 0 Å². The summed E-state index contributed by atoms with van der Waals surface area (Å²) in [4.78, 5) is 20.3. The van der Waals surface area contributed by atoms with Gasteiger partial charge in [-0.05, 0) is 40.5 Å². The molecule has 0 radical (unpaired) electrons. The van der Waals surface area contributed by atoms with Gasteiger partial charge in [0.2, 0.25) is 0 Å². The maximum absolute atomic E-state index is 10.1. The van der Waals surface area contributed by atoms with Gasteiger partial charge in [0, 0.05) is 25.0 Å². The van der Waals surface area contributed by atoms with Crippen LogP contribution in [0.15, 0.2) is 0 Å². The lowest BCUT2D eigenvalue weighted by molar-refractivity contribution is -0.138. The van der Waals surface area contributed by atoms with E-state index in [9.17, 15) is 9.59 Å². The minimum atomic E-state index is -0.740. The number of aliphatic carboxylic acids is 2. The van der Waals surface area contributed by atoms with Gasteiger partial charge in [-0.25, -0.2) is 0 Å². The monoisotopic (exact) mass is 322 g/mol. The quantitative estimate of drug-likeness (QED) is 0.485. The fourth-order valence-electron chi connectivity index (χ4n) is 1.26. The lowest BCUT2D eigenvalue weighted by atomic mass is 10.1. The standard InChI is InChI=1S/C10H18O4.2C3H8O/c11-9(12)7-5-3-1-2-4-6-8-10(13)14;2*1-3(2)4/h1-8H2,(H,11,12)(H,13,14);2*3-4H,1-2H3. The second-order valence-corrected chi connectivity index (χ2v) is 5.60. The van der Waals surface area contributed by atoms with E-state index in [-0.39, 0.29) is 25.0 Å². The van der Waals surface area contributed by atoms with Crippen molar-refractivity contribution in [3.8, 4) is 0 Å². The number of hydrogen-bond donors (Lipinski definition) is 4. The largest absolute Gasteiger partial charge is 0.481 e. The molecule has 6 nitrogen and oxygen atoms in total. The summed E-state index contributed by atoms with van der Waals surface area (Å²) in [6.45, 7) is 6.89. The topological polar surface area (TPSA) is 115 Å². The molecular weight excluding hydrogens is 288 g/mol. The highest BCUT2D eigenvalue weighted by molar-refractivity contribution is 5.66. The van der Waals surface area contributed by atoms with Gasteiger partial charge in [0.15, 0.2) is 0 Å². The Labute approximate surface area is 134 Å². The molecule has 0 unspecified atom stereocenters. The number of carbonyl (C=O) groups is 2. The summed E-state index contributed by atoms with van der Waals surface area (Å²) in [7, 11) is 0. The van der Waals surface area contributed by atoms with Crippen LogP contribution in [0.25, 0.3) is 0 Å². The molecule has 22 heavy (non-hydrogen) atoms. The first-order valence-electron chi connectivity index (χ1n) is 7.89. The molecule has 0 saturated heterocycles. The van der Waals surface area contributed by atoms with Crippen LogP contribution in [0.3, 0.4) is 0 Å². The van der Waals surface area contributed by atoms with Gasteiger partial charge in [-0.3, -0.25) is 9.59 Å². The third-order valence-corrected chi connectivity index (χ3v) is 2.03. The average Bonchev–Trinajstić information content (AvgIpc) is 2.30. The first kappa shape index (κ1) is 25.8. The Morgan fingerprint density at radius 3 is 1.00 bits per heavy atom. The molecule has 0 atom stereocenters.